The van der Waals surface area contributed by atoms with Crippen LogP contribution in [-0.2, 0) is 17.7 Å². The van der Waals surface area contributed by atoms with Gasteiger partial charge in [-0.25, -0.2) is 9.48 Å². The Balaban J connectivity index is 2.60. The topological polar surface area (TPSA) is 103 Å². The normalized spacial score (nSPS) is 11.8. The molecular weight excluding hydrogens is 269 g/mol. The number of nitrogens with zero attached hydrogens (tertiary/aromatic N) is 3. The van der Waals surface area contributed by atoms with Gasteiger partial charge in [0.2, 0.25) is 0 Å². The minimum absolute atomic E-state index is 0.0221. The van der Waals surface area contributed by atoms with E-state index in [1.807, 2.05) is 0 Å². The van der Waals surface area contributed by atoms with Crippen LogP contribution in [0.3, 0.4) is 0 Å². The van der Waals surface area contributed by atoms with Gasteiger partial charge in [-0.3, -0.25) is 0 Å². The summed E-state index contributed by atoms with van der Waals surface area (Å²) in [4.78, 5) is 10.8. The zero-order valence-corrected chi connectivity index (χ0v) is 9.85. The van der Waals surface area contributed by atoms with Gasteiger partial charge in [0.1, 0.15) is 6.61 Å². The van der Waals surface area contributed by atoms with Gasteiger partial charge < -0.3 is 15.6 Å². The van der Waals surface area contributed by atoms with Crippen LogP contribution in [0.15, 0.2) is 0 Å². The van der Waals surface area contributed by atoms with Crippen LogP contribution in [0.25, 0.3) is 0 Å². The summed E-state index contributed by atoms with van der Waals surface area (Å²) in [5, 5.41) is 15.8. The first-order valence-corrected chi connectivity index (χ1v) is 5.35. The smallest absolute Gasteiger partial charge is 0.411 e. The molecule has 0 aliphatic heterocycles. The molecule has 3 N–H and O–H groups in total. The van der Waals surface area contributed by atoms with Crippen molar-refractivity contribution in [1.29, 1.82) is 0 Å². The highest BCUT2D eigenvalue weighted by molar-refractivity contribution is 5.86. The van der Waals surface area contributed by atoms with Gasteiger partial charge in [-0.1, -0.05) is 5.21 Å². The third kappa shape index (κ3) is 4.83. The molecule has 0 fully saturated rings. The number of nitrogens with two attached hydrogens (primary N) is 1. The molecule has 1 rings (SSSR count). The van der Waals surface area contributed by atoms with E-state index in [-0.39, 0.29) is 37.5 Å². The Morgan fingerprint density at radius 2 is 2.16 bits per heavy atom. The number of alkyl halides is 3. The van der Waals surface area contributed by atoms with Crippen molar-refractivity contribution in [3.8, 4) is 0 Å². The van der Waals surface area contributed by atoms with Crippen LogP contribution >= 0.6 is 0 Å². The maximum atomic E-state index is 11.8. The molecule has 0 unspecified atom stereocenters. The van der Waals surface area contributed by atoms with Crippen molar-refractivity contribution >= 4 is 5.97 Å². The van der Waals surface area contributed by atoms with Gasteiger partial charge in [0.15, 0.2) is 5.69 Å². The number of carbonyl (C=O) groups is 1. The lowest BCUT2D eigenvalue weighted by atomic mass is 10.2. The molecule has 19 heavy (non-hydrogen) atoms. The summed E-state index contributed by atoms with van der Waals surface area (Å²) in [6.45, 7) is -1.46. The molecule has 7 nitrogen and oxygen atoms in total. The Hall–Kier alpha value is -1.68. The first kappa shape index (κ1) is 15.4. The zero-order valence-electron chi connectivity index (χ0n) is 9.85. The Kier molecular flexibility index (Phi) is 5.24. The number of aromatic nitrogens is 3. The van der Waals surface area contributed by atoms with Crippen LogP contribution in [0, 0.1) is 0 Å². The fourth-order valence-electron chi connectivity index (χ4n) is 1.40. The van der Waals surface area contributed by atoms with Crippen molar-refractivity contribution in [2.24, 2.45) is 5.73 Å². The van der Waals surface area contributed by atoms with Gasteiger partial charge in [0.25, 0.3) is 0 Å². The van der Waals surface area contributed by atoms with E-state index in [4.69, 9.17) is 10.8 Å². The van der Waals surface area contributed by atoms with E-state index in [2.05, 4.69) is 15.0 Å². The molecule has 0 saturated carbocycles. The largest absolute Gasteiger partial charge is 0.476 e. The number of hydrogen-bond acceptors (Lipinski definition) is 5. The number of hydrogen-bond donors (Lipinski definition) is 2. The quantitative estimate of drug-likeness (QED) is 0.685. The van der Waals surface area contributed by atoms with Crippen molar-refractivity contribution in [3.05, 3.63) is 11.4 Å². The van der Waals surface area contributed by atoms with Crippen molar-refractivity contribution in [1.82, 2.24) is 15.0 Å². The Morgan fingerprint density at radius 3 is 2.68 bits per heavy atom. The van der Waals surface area contributed by atoms with Crippen LogP contribution in [0.4, 0.5) is 13.2 Å². The van der Waals surface area contributed by atoms with Gasteiger partial charge in [-0.05, 0) is 6.54 Å². The average Bonchev–Trinajstić information content (AvgIpc) is 2.67. The molecule has 0 bridgehead atoms. The second kappa shape index (κ2) is 6.48. The summed E-state index contributed by atoms with van der Waals surface area (Å²) in [6.07, 6.45) is -4.18. The maximum Gasteiger partial charge on any atom is 0.411 e. The van der Waals surface area contributed by atoms with E-state index in [0.29, 0.717) is 0 Å². The standard InChI is InChI=1S/C9H13F3N4O3/c10-9(11,12)5-19-4-3-16-6(1-2-13)7(8(17)18)14-15-16/h1-5,13H2,(H,17,18). The highest BCUT2D eigenvalue weighted by atomic mass is 19.4. The fraction of sp³-hybridized carbons (Fsp3) is 0.667. The minimum Gasteiger partial charge on any atom is -0.476 e. The number of ether oxygens (including phenoxy) is 1. The zero-order chi connectivity index (χ0) is 14.5. The van der Waals surface area contributed by atoms with Crippen LogP contribution < -0.4 is 5.73 Å². The van der Waals surface area contributed by atoms with E-state index in [1.54, 1.807) is 0 Å². The van der Waals surface area contributed by atoms with Crippen molar-refractivity contribution in [2.75, 3.05) is 19.8 Å². The molecule has 1 aromatic rings. The predicted octanol–water partition coefficient (Wildman–Crippen LogP) is 0.0564. The molecule has 108 valence electrons. The number of aromatic carboxylic acids is 1. The summed E-state index contributed by atoms with van der Waals surface area (Å²) >= 11 is 0. The maximum absolute atomic E-state index is 11.8. The molecule has 0 radical (unpaired) electrons. The Morgan fingerprint density at radius 1 is 1.47 bits per heavy atom. The third-order valence-electron chi connectivity index (χ3n) is 2.13. The number of carboxylic acid groups (broad SMARTS) is 1. The second-order valence-electron chi connectivity index (χ2n) is 3.62. The monoisotopic (exact) mass is 282 g/mol. The van der Waals surface area contributed by atoms with Gasteiger partial charge >= 0.3 is 12.1 Å². The summed E-state index contributed by atoms with van der Waals surface area (Å²) in [7, 11) is 0. The van der Waals surface area contributed by atoms with Crippen LogP contribution in [0.1, 0.15) is 16.2 Å². The van der Waals surface area contributed by atoms with E-state index in [9.17, 15) is 18.0 Å². The molecule has 10 heteroatoms. The minimum atomic E-state index is -4.39. The van der Waals surface area contributed by atoms with E-state index in [1.165, 1.54) is 4.68 Å². The van der Waals surface area contributed by atoms with Gasteiger partial charge in [0, 0.05) is 6.42 Å². The molecule has 0 aliphatic carbocycles. The fourth-order valence-corrected chi connectivity index (χ4v) is 1.40. The van der Waals surface area contributed by atoms with E-state index in [0.717, 1.165) is 0 Å². The summed E-state index contributed by atoms with van der Waals surface area (Å²) in [5.74, 6) is -1.26. The lowest BCUT2D eigenvalue weighted by Gasteiger charge is -2.09. The first-order valence-electron chi connectivity index (χ1n) is 5.35. The number of halogens is 3. The van der Waals surface area contributed by atoms with Gasteiger partial charge in [-0.15, -0.1) is 5.10 Å². The summed E-state index contributed by atoms with van der Waals surface area (Å²) in [6, 6.07) is 0. The molecule has 1 aromatic heterocycles. The SMILES string of the molecule is NCCc1c(C(=O)O)nnn1CCOCC(F)(F)F. The first-order chi connectivity index (χ1) is 8.85. The summed E-state index contributed by atoms with van der Waals surface area (Å²) < 4.78 is 41.1. The van der Waals surface area contributed by atoms with Crippen molar-refractivity contribution in [3.63, 3.8) is 0 Å². The molecule has 0 amide bonds. The molecule has 0 spiro atoms. The lowest BCUT2D eigenvalue weighted by molar-refractivity contribution is -0.174. The van der Waals surface area contributed by atoms with Crippen LogP contribution in [-0.4, -0.2) is 52.0 Å². The number of carboxylic acids is 1. The van der Waals surface area contributed by atoms with Gasteiger partial charge in [0.05, 0.1) is 18.8 Å². The Labute approximate surface area is 106 Å². The van der Waals surface area contributed by atoms with E-state index < -0.39 is 18.8 Å². The molecule has 0 aliphatic rings. The Bertz CT molecular complexity index is 433. The van der Waals surface area contributed by atoms with Crippen LogP contribution in [0.2, 0.25) is 0 Å². The molecular formula is C9H13F3N4O3. The third-order valence-corrected chi connectivity index (χ3v) is 2.13. The predicted molar refractivity (Wildman–Crippen MR) is 56.6 cm³/mol. The van der Waals surface area contributed by atoms with Crippen LogP contribution in [0.5, 0.6) is 0 Å². The molecule has 0 aromatic carbocycles. The second-order valence-corrected chi connectivity index (χ2v) is 3.62. The highest BCUT2D eigenvalue weighted by Crippen LogP contribution is 2.14. The number of rotatable bonds is 7. The highest BCUT2D eigenvalue weighted by Gasteiger charge is 2.27. The molecule has 0 saturated heterocycles. The van der Waals surface area contributed by atoms with Gasteiger partial charge in [-0.2, -0.15) is 13.2 Å². The van der Waals surface area contributed by atoms with Crippen molar-refractivity contribution in [2.45, 2.75) is 19.1 Å². The van der Waals surface area contributed by atoms with E-state index >= 15 is 0 Å². The summed E-state index contributed by atoms with van der Waals surface area (Å²) in [5.41, 5.74) is 5.35. The molecule has 1 heterocycles. The van der Waals surface area contributed by atoms with Crippen molar-refractivity contribution < 1.29 is 27.8 Å². The molecule has 0 atom stereocenters. The average molecular weight is 282 g/mol. The lowest BCUT2D eigenvalue weighted by Crippen LogP contribution is -2.20.